The molecule has 0 unspecified atom stereocenters. The van der Waals surface area contributed by atoms with Crippen LogP contribution in [-0.4, -0.2) is 45.5 Å². The van der Waals surface area contributed by atoms with Gasteiger partial charge in [-0.15, -0.1) is 0 Å². The molecule has 1 saturated heterocycles. The fourth-order valence-electron chi connectivity index (χ4n) is 3.65. The molecule has 3 amide bonds. The number of nitrogens with zero attached hydrogens (tertiary/aromatic N) is 3. The lowest BCUT2D eigenvalue weighted by Gasteiger charge is -2.32. The van der Waals surface area contributed by atoms with Crippen molar-refractivity contribution >= 4 is 28.7 Å². The summed E-state index contributed by atoms with van der Waals surface area (Å²) < 4.78 is 1.43. The van der Waals surface area contributed by atoms with Crippen LogP contribution in [0, 0.1) is 0 Å². The number of amides is 3. The molecule has 0 radical (unpaired) electrons. The first-order chi connectivity index (χ1) is 14.6. The lowest BCUT2D eigenvalue weighted by Crippen LogP contribution is -2.48. The number of fused-ring (bicyclic) bond motifs is 1. The molecule has 0 spiro atoms. The minimum absolute atomic E-state index is 0.0259. The number of anilines is 1. The van der Waals surface area contributed by atoms with E-state index in [9.17, 15) is 14.4 Å². The van der Waals surface area contributed by atoms with Gasteiger partial charge in [-0.2, -0.15) is 0 Å². The predicted molar refractivity (Wildman–Crippen MR) is 114 cm³/mol. The molecule has 4 rings (SSSR count). The van der Waals surface area contributed by atoms with Crippen LogP contribution < -0.4 is 16.2 Å². The first-order valence-electron chi connectivity index (χ1n) is 9.95. The maximum absolute atomic E-state index is 12.5. The van der Waals surface area contributed by atoms with Crippen molar-refractivity contribution in [2.24, 2.45) is 0 Å². The van der Waals surface area contributed by atoms with Crippen LogP contribution in [0.25, 0.3) is 11.0 Å². The van der Waals surface area contributed by atoms with E-state index in [1.165, 1.54) is 10.8 Å². The largest absolute Gasteiger partial charge is 0.352 e. The molecular formula is C22H23N5O3. The zero-order valence-corrected chi connectivity index (χ0v) is 16.5. The number of benzene rings is 2. The first kappa shape index (κ1) is 19.6. The van der Waals surface area contributed by atoms with Gasteiger partial charge in [-0.25, -0.2) is 9.78 Å². The van der Waals surface area contributed by atoms with Crippen molar-refractivity contribution in [1.29, 1.82) is 0 Å². The zero-order valence-electron chi connectivity index (χ0n) is 16.5. The van der Waals surface area contributed by atoms with Crippen LogP contribution in [0.5, 0.6) is 0 Å². The van der Waals surface area contributed by atoms with E-state index in [1.807, 2.05) is 42.5 Å². The molecule has 1 fully saturated rings. The van der Waals surface area contributed by atoms with Crippen LogP contribution in [-0.2, 0) is 11.3 Å². The summed E-state index contributed by atoms with van der Waals surface area (Å²) in [6.45, 7) is 1.06. The Hall–Kier alpha value is -3.68. The summed E-state index contributed by atoms with van der Waals surface area (Å²) in [7, 11) is 0. The Morgan fingerprint density at radius 3 is 2.47 bits per heavy atom. The second kappa shape index (κ2) is 8.77. The summed E-state index contributed by atoms with van der Waals surface area (Å²) in [6.07, 6.45) is 2.57. The summed E-state index contributed by atoms with van der Waals surface area (Å²) in [5.41, 5.74) is 1.75. The third-order valence-electron chi connectivity index (χ3n) is 5.23. The molecule has 0 aliphatic carbocycles. The van der Waals surface area contributed by atoms with Crippen LogP contribution >= 0.6 is 0 Å². The van der Waals surface area contributed by atoms with Gasteiger partial charge < -0.3 is 15.5 Å². The third kappa shape index (κ3) is 4.48. The van der Waals surface area contributed by atoms with E-state index in [4.69, 9.17) is 0 Å². The zero-order chi connectivity index (χ0) is 20.9. The highest BCUT2D eigenvalue weighted by molar-refractivity contribution is 5.89. The van der Waals surface area contributed by atoms with Crippen LogP contribution in [0.3, 0.4) is 0 Å². The molecule has 0 saturated carbocycles. The van der Waals surface area contributed by atoms with Gasteiger partial charge in [-0.1, -0.05) is 30.3 Å². The van der Waals surface area contributed by atoms with Crippen molar-refractivity contribution in [3.8, 4) is 0 Å². The van der Waals surface area contributed by atoms with Crippen molar-refractivity contribution in [2.45, 2.75) is 25.4 Å². The van der Waals surface area contributed by atoms with Crippen molar-refractivity contribution in [1.82, 2.24) is 19.8 Å². The summed E-state index contributed by atoms with van der Waals surface area (Å²) >= 11 is 0. The van der Waals surface area contributed by atoms with Crippen molar-refractivity contribution in [3.63, 3.8) is 0 Å². The minimum Gasteiger partial charge on any atom is -0.352 e. The smallest absolute Gasteiger partial charge is 0.321 e. The molecule has 2 N–H and O–H groups in total. The highest BCUT2D eigenvalue weighted by atomic mass is 16.2. The molecule has 0 bridgehead atoms. The number of para-hydroxylation sites is 3. The van der Waals surface area contributed by atoms with Gasteiger partial charge in [0, 0.05) is 24.8 Å². The molecule has 30 heavy (non-hydrogen) atoms. The molecule has 1 aliphatic rings. The topological polar surface area (TPSA) is 96.3 Å². The monoisotopic (exact) mass is 405 g/mol. The van der Waals surface area contributed by atoms with Gasteiger partial charge in [-0.3, -0.25) is 14.2 Å². The van der Waals surface area contributed by atoms with E-state index in [-0.39, 0.29) is 30.1 Å². The molecule has 1 aromatic heterocycles. The van der Waals surface area contributed by atoms with Gasteiger partial charge in [0.2, 0.25) is 5.91 Å². The van der Waals surface area contributed by atoms with Gasteiger partial charge in [0.1, 0.15) is 6.54 Å². The average molecular weight is 405 g/mol. The molecule has 2 aromatic carbocycles. The molecule has 154 valence electrons. The Kier molecular flexibility index (Phi) is 5.74. The summed E-state index contributed by atoms with van der Waals surface area (Å²) in [5, 5.41) is 5.87. The fraction of sp³-hybridized carbons (Fsp3) is 0.273. The van der Waals surface area contributed by atoms with Crippen LogP contribution in [0.15, 0.2) is 65.6 Å². The molecule has 8 heteroatoms. The van der Waals surface area contributed by atoms with Gasteiger partial charge in [0.05, 0.1) is 17.2 Å². The SMILES string of the molecule is O=C(Cn1c(=O)cnc2ccccc21)NC1CCN(C(=O)Nc2ccccc2)CC1. The average Bonchev–Trinajstić information content (AvgIpc) is 2.77. The third-order valence-corrected chi connectivity index (χ3v) is 5.23. The quantitative estimate of drug-likeness (QED) is 0.696. The Labute approximate surface area is 173 Å². The van der Waals surface area contributed by atoms with Crippen LogP contribution in [0.4, 0.5) is 10.5 Å². The van der Waals surface area contributed by atoms with Gasteiger partial charge in [0.15, 0.2) is 0 Å². The standard InChI is InChI=1S/C22H23N5O3/c28-20(15-27-19-9-5-4-8-18(19)23-14-21(27)29)24-17-10-12-26(13-11-17)22(30)25-16-6-2-1-3-7-16/h1-9,14,17H,10-13,15H2,(H,24,28)(H,25,30). The number of rotatable bonds is 4. The number of hydrogen-bond donors (Lipinski definition) is 2. The highest BCUT2D eigenvalue weighted by Crippen LogP contribution is 2.14. The number of nitrogens with one attached hydrogen (secondary N) is 2. The number of carbonyl (C=O) groups is 2. The summed E-state index contributed by atoms with van der Waals surface area (Å²) in [6, 6.07) is 16.4. The van der Waals surface area contributed by atoms with Gasteiger partial charge >= 0.3 is 6.03 Å². The first-order valence-corrected chi connectivity index (χ1v) is 9.95. The molecule has 2 heterocycles. The number of carbonyl (C=O) groups excluding carboxylic acids is 2. The molecule has 8 nitrogen and oxygen atoms in total. The van der Waals surface area contributed by atoms with Gasteiger partial charge in [0.25, 0.3) is 5.56 Å². The molecule has 0 atom stereocenters. The van der Waals surface area contributed by atoms with Crippen LogP contribution in [0.2, 0.25) is 0 Å². The Balaban J connectivity index is 1.31. The Morgan fingerprint density at radius 2 is 1.70 bits per heavy atom. The van der Waals surface area contributed by atoms with E-state index in [1.54, 1.807) is 17.0 Å². The number of hydrogen-bond acceptors (Lipinski definition) is 4. The second-order valence-corrected chi connectivity index (χ2v) is 7.30. The van der Waals surface area contributed by atoms with Gasteiger partial charge in [-0.05, 0) is 37.1 Å². The minimum atomic E-state index is -0.309. The van der Waals surface area contributed by atoms with Crippen molar-refractivity contribution < 1.29 is 9.59 Å². The van der Waals surface area contributed by atoms with Crippen molar-refractivity contribution in [3.05, 3.63) is 71.1 Å². The maximum Gasteiger partial charge on any atom is 0.321 e. The second-order valence-electron chi connectivity index (χ2n) is 7.30. The van der Waals surface area contributed by atoms with E-state index >= 15 is 0 Å². The molecule has 1 aliphatic heterocycles. The lowest BCUT2D eigenvalue weighted by atomic mass is 10.1. The van der Waals surface area contributed by atoms with Crippen molar-refractivity contribution in [2.75, 3.05) is 18.4 Å². The molecular weight excluding hydrogens is 382 g/mol. The van der Waals surface area contributed by atoms with Crippen LogP contribution in [0.1, 0.15) is 12.8 Å². The van der Waals surface area contributed by atoms with E-state index in [2.05, 4.69) is 15.6 Å². The summed E-state index contributed by atoms with van der Waals surface area (Å²) in [4.78, 5) is 43.0. The normalized spacial score (nSPS) is 14.5. The highest BCUT2D eigenvalue weighted by Gasteiger charge is 2.24. The molecule has 3 aromatic rings. The Morgan fingerprint density at radius 1 is 1.00 bits per heavy atom. The van der Waals surface area contributed by atoms with E-state index in [0.717, 1.165) is 5.69 Å². The predicted octanol–water partition coefficient (Wildman–Crippen LogP) is 2.21. The number of likely N-dealkylation sites (tertiary alicyclic amines) is 1. The van der Waals surface area contributed by atoms with E-state index < -0.39 is 0 Å². The number of aromatic nitrogens is 2. The van der Waals surface area contributed by atoms with E-state index in [0.29, 0.717) is 37.0 Å². The Bertz CT molecular complexity index is 1100. The maximum atomic E-state index is 12.5. The number of piperidine rings is 1. The fourth-order valence-corrected chi connectivity index (χ4v) is 3.65. The summed E-state index contributed by atoms with van der Waals surface area (Å²) in [5.74, 6) is -0.222. The lowest BCUT2D eigenvalue weighted by molar-refractivity contribution is -0.122. The number of urea groups is 1.